The Bertz CT molecular complexity index is 410. The van der Waals surface area contributed by atoms with Gasteiger partial charge in [0, 0.05) is 19.2 Å². The fourth-order valence-electron chi connectivity index (χ4n) is 1.68. The predicted molar refractivity (Wildman–Crippen MR) is 83.3 cm³/mol. The highest BCUT2D eigenvalue weighted by atomic mass is 35.5. The van der Waals surface area contributed by atoms with Crippen LogP contribution in [0.3, 0.4) is 0 Å². The fraction of sp³-hybridized carbons (Fsp3) is 0.600. The van der Waals surface area contributed by atoms with Crippen LogP contribution in [0.5, 0.6) is 11.5 Å². The summed E-state index contributed by atoms with van der Waals surface area (Å²) in [5.74, 6) is 1.97. The molecule has 0 aliphatic carbocycles. The first-order valence-corrected chi connectivity index (χ1v) is 7.19. The molecular formula is C15H24ClNO3. The largest absolute Gasteiger partial charge is 0.495 e. The Labute approximate surface area is 126 Å². The van der Waals surface area contributed by atoms with Crippen LogP contribution in [-0.4, -0.2) is 34.0 Å². The second kappa shape index (κ2) is 8.93. The first-order valence-electron chi connectivity index (χ1n) is 6.81. The van der Waals surface area contributed by atoms with E-state index in [9.17, 15) is 0 Å². The van der Waals surface area contributed by atoms with Crippen LogP contribution in [0.15, 0.2) is 12.1 Å². The smallest absolute Gasteiger partial charge is 0.145 e. The molecule has 0 bridgehead atoms. The zero-order valence-electron chi connectivity index (χ0n) is 12.7. The quantitative estimate of drug-likeness (QED) is 0.704. The minimum absolute atomic E-state index is 0.552. The summed E-state index contributed by atoms with van der Waals surface area (Å²) in [6.45, 7) is 6.52. The fourth-order valence-corrected chi connectivity index (χ4v) is 1.92. The van der Waals surface area contributed by atoms with Crippen LogP contribution in [0, 0.1) is 5.92 Å². The van der Waals surface area contributed by atoms with E-state index in [4.69, 9.17) is 25.8 Å². The second-order valence-electron chi connectivity index (χ2n) is 4.91. The van der Waals surface area contributed by atoms with Gasteiger partial charge in [-0.1, -0.05) is 25.4 Å². The van der Waals surface area contributed by atoms with Gasteiger partial charge >= 0.3 is 0 Å². The molecule has 0 aliphatic heterocycles. The summed E-state index contributed by atoms with van der Waals surface area (Å²) in [7, 11) is 3.20. The van der Waals surface area contributed by atoms with Crippen molar-refractivity contribution >= 4 is 17.3 Å². The lowest BCUT2D eigenvalue weighted by Gasteiger charge is -2.14. The van der Waals surface area contributed by atoms with Gasteiger partial charge in [-0.3, -0.25) is 0 Å². The summed E-state index contributed by atoms with van der Waals surface area (Å²) in [6, 6.07) is 3.57. The zero-order valence-corrected chi connectivity index (χ0v) is 13.4. The van der Waals surface area contributed by atoms with Crippen molar-refractivity contribution in [2.24, 2.45) is 5.92 Å². The van der Waals surface area contributed by atoms with E-state index in [0.29, 0.717) is 35.6 Å². The number of rotatable bonds is 9. The maximum atomic E-state index is 6.10. The number of halogens is 1. The van der Waals surface area contributed by atoms with Gasteiger partial charge in [-0.2, -0.15) is 0 Å². The minimum Gasteiger partial charge on any atom is -0.495 e. The van der Waals surface area contributed by atoms with Crippen molar-refractivity contribution in [3.05, 3.63) is 17.2 Å². The molecule has 0 aliphatic rings. The molecule has 0 aromatic heterocycles. The standard InChI is InChI=1S/C15H24ClNO3/c1-11(2)5-7-20-8-6-17-13-9-12(16)14(18-3)10-15(13)19-4/h9-11,17H,5-8H2,1-4H3. The predicted octanol–water partition coefficient (Wildman–Crippen LogP) is 3.83. The monoisotopic (exact) mass is 301 g/mol. The van der Waals surface area contributed by atoms with Gasteiger partial charge in [0.25, 0.3) is 0 Å². The topological polar surface area (TPSA) is 39.7 Å². The van der Waals surface area contributed by atoms with Gasteiger partial charge in [-0.15, -0.1) is 0 Å². The van der Waals surface area contributed by atoms with Gasteiger partial charge in [0.2, 0.25) is 0 Å². The van der Waals surface area contributed by atoms with Gasteiger partial charge in [0.15, 0.2) is 0 Å². The summed E-state index contributed by atoms with van der Waals surface area (Å²) in [5.41, 5.74) is 0.839. The van der Waals surface area contributed by atoms with Gasteiger partial charge < -0.3 is 19.5 Å². The van der Waals surface area contributed by atoms with E-state index in [1.165, 1.54) is 0 Å². The van der Waals surface area contributed by atoms with Crippen LogP contribution in [0.2, 0.25) is 5.02 Å². The van der Waals surface area contributed by atoms with Crippen molar-refractivity contribution in [2.45, 2.75) is 20.3 Å². The molecule has 0 spiro atoms. The third-order valence-electron chi connectivity index (χ3n) is 2.88. The van der Waals surface area contributed by atoms with Crippen molar-refractivity contribution in [1.82, 2.24) is 0 Å². The SMILES string of the molecule is COc1cc(OC)c(NCCOCCC(C)C)cc1Cl. The Hall–Kier alpha value is -1.13. The molecule has 114 valence electrons. The molecule has 0 saturated carbocycles. The number of nitrogens with one attached hydrogen (secondary N) is 1. The molecule has 5 heteroatoms. The van der Waals surface area contributed by atoms with Gasteiger partial charge in [-0.05, 0) is 18.4 Å². The molecule has 0 amide bonds. The second-order valence-corrected chi connectivity index (χ2v) is 5.32. The molecule has 20 heavy (non-hydrogen) atoms. The van der Waals surface area contributed by atoms with E-state index in [2.05, 4.69) is 19.2 Å². The van der Waals surface area contributed by atoms with Crippen molar-refractivity contribution < 1.29 is 14.2 Å². The Balaban J connectivity index is 2.45. The zero-order chi connectivity index (χ0) is 15.0. The number of methoxy groups -OCH3 is 2. The highest BCUT2D eigenvalue weighted by Crippen LogP contribution is 2.35. The van der Waals surface area contributed by atoms with Crippen molar-refractivity contribution in [3.63, 3.8) is 0 Å². The molecule has 0 unspecified atom stereocenters. The Kier molecular flexibility index (Phi) is 7.55. The lowest BCUT2D eigenvalue weighted by molar-refractivity contribution is 0.132. The third kappa shape index (κ3) is 5.47. The Morgan fingerprint density at radius 3 is 2.40 bits per heavy atom. The van der Waals surface area contributed by atoms with Gasteiger partial charge in [0.05, 0.1) is 31.5 Å². The van der Waals surface area contributed by atoms with Crippen LogP contribution in [-0.2, 0) is 4.74 Å². The average Bonchev–Trinajstić information content (AvgIpc) is 2.42. The minimum atomic E-state index is 0.552. The first-order chi connectivity index (χ1) is 9.58. The van der Waals surface area contributed by atoms with Crippen LogP contribution in [0.1, 0.15) is 20.3 Å². The van der Waals surface area contributed by atoms with E-state index in [0.717, 1.165) is 18.7 Å². The summed E-state index contributed by atoms with van der Waals surface area (Å²) in [4.78, 5) is 0. The number of anilines is 1. The lowest BCUT2D eigenvalue weighted by Crippen LogP contribution is -2.11. The van der Waals surface area contributed by atoms with Crippen LogP contribution >= 0.6 is 11.6 Å². The number of hydrogen-bond donors (Lipinski definition) is 1. The number of hydrogen-bond acceptors (Lipinski definition) is 4. The van der Waals surface area contributed by atoms with E-state index in [1.807, 2.05) is 0 Å². The van der Waals surface area contributed by atoms with Crippen molar-refractivity contribution in [3.8, 4) is 11.5 Å². The Morgan fingerprint density at radius 2 is 1.80 bits per heavy atom. The maximum absolute atomic E-state index is 6.10. The lowest BCUT2D eigenvalue weighted by atomic mass is 10.1. The molecule has 4 nitrogen and oxygen atoms in total. The summed E-state index contributed by atoms with van der Waals surface area (Å²) < 4.78 is 16.0. The van der Waals surface area contributed by atoms with Gasteiger partial charge in [0.1, 0.15) is 11.5 Å². The molecule has 1 aromatic rings. The number of ether oxygens (including phenoxy) is 3. The molecule has 1 aromatic carbocycles. The molecule has 0 atom stereocenters. The highest BCUT2D eigenvalue weighted by molar-refractivity contribution is 6.32. The summed E-state index contributed by atoms with van der Waals surface area (Å²) >= 11 is 6.10. The van der Waals surface area contributed by atoms with E-state index >= 15 is 0 Å². The highest BCUT2D eigenvalue weighted by Gasteiger charge is 2.09. The van der Waals surface area contributed by atoms with Crippen molar-refractivity contribution in [1.29, 1.82) is 0 Å². The molecular weight excluding hydrogens is 278 g/mol. The molecule has 0 fully saturated rings. The van der Waals surface area contributed by atoms with Crippen LogP contribution in [0.25, 0.3) is 0 Å². The molecule has 1 N–H and O–H groups in total. The molecule has 0 radical (unpaired) electrons. The molecule has 0 saturated heterocycles. The van der Waals surface area contributed by atoms with Gasteiger partial charge in [-0.25, -0.2) is 0 Å². The van der Waals surface area contributed by atoms with Crippen molar-refractivity contribution in [2.75, 3.05) is 39.3 Å². The van der Waals surface area contributed by atoms with Crippen LogP contribution < -0.4 is 14.8 Å². The first kappa shape index (κ1) is 16.9. The summed E-state index contributed by atoms with van der Waals surface area (Å²) in [6.07, 6.45) is 1.08. The van der Waals surface area contributed by atoms with Crippen LogP contribution in [0.4, 0.5) is 5.69 Å². The molecule has 0 heterocycles. The third-order valence-corrected chi connectivity index (χ3v) is 3.17. The number of benzene rings is 1. The summed E-state index contributed by atoms with van der Waals surface area (Å²) in [5, 5.41) is 3.81. The Morgan fingerprint density at radius 1 is 1.10 bits per heavy atom. The van der Waals surface area contributed by atoms with E-state index < -0.39 is 0 Å². The normalized spacial score (nSPS) is 10.7. The molecule has 1 rings (SSSR count). The average molecular weight is 302 g/mol. The van der Waals surface area contributed by atoms with E-state index in [-0.39, 0.29) is 0 Å². The maximum Gasteiger partial charge on any atom is 0.145 e. The van der Waals surface area contributed by atoms with E-state index in [1.54, 1.807) is 26.4 Å².